The molecule has 0 amide bonds. The maximum atomic E-state index is 13.4. The standard InChI is InChI=1S/C42H50O6/c1-25(11-37(43)47-41-19-27-13-28(20-41)15-29(14-27)21-41)45-39-33-7-3-5-9-35(33)40(36-10-6-4-8-34(36)39)46-26(2)12-38(44)48-42-22-30-16-31(23-42)18-32(17-30)24-42/h3-10,25-32H,11-24H2,1-2H3. The van der Waals surface area contributed by atoms with Gasteiger partial charge >= 0.3 is 11.9 Å². The summed E-state index contributed by atoms with van der Waals surface area (Å²) in [5.41, 5.74) is -0.495. The Kier molecular flexibility index (Phi) is 7.47. The van der Waals surface area contributed by atoms with E-state index in [4.69, 9.17) is 18.9 Å². The summed E-state index contributed by atoms with van der Waals surface area (Å²) in [6.45, 7) is 3.93. The predicted octanol–water partition coefficient (Wildman–Crippen LogP) is 9.33. The van der Waals surface area contributed by atoms with Crippen molar-refractivity contribution >= 4 is 33.5 Å². The van der Waals surface area contributed by atoms with Crippen LogP contribution in [0.5, 0.6) is 11.5 Å². The van der Waals surface area contributed by atoms with E-state index in [1.54, 1.807) is 0 Å². The molecular weight excluding hydrogens is 600 g/mol. The van der Waals surface area contributed by atoms with Gasteiger partial charge in [-0.2, -0.15) is 0 Å². The molecule has 11 rings (SSSR count). The first kappa shape index (κ1) is 30.8. The number of fused-ring (bicyclic) bond motifs is 2. The molecule has 8 fully saturated rings. The summed E-state index contributed by atoms with van der Waals surface area (Å²) in [6.07, 6.45) is 13.9. The van der Waals surface area contributed by atoms with E-state index in [-0.39, 0.29) is 48.2 Å². The summed E-state index contributed by atoms with van der Waals surface area (Å²) < 4.78 is 26.0. The van der Waals surface area contributed by atoms with Gasteiger partial charge in [0.05, 0.1) is 12.8 Å². The molecule has 0 N–H and O–H groups in total. The van der Waals surface area contributed by atoms with Crippen molar-refractivity contribution in [3.63, 3.8) is 0 Å². The first-order valence-corrected chi connectivity index (χ1v) is 18.9. The number of benzene rings is 3. The molecule has 0 aromatic heterocycles. The number of esters is 2. The normalized spacial score (nSPS) is 35.5. The van der Waals surface area contributed by atoms with E-state index >= 15 is 0 Å². The van der Waals surface area contributed by atoms with Crippen molar-refractivity contribution in [3.05, 3.63) is 48.5 Å². The highest BCUT2D eigenvalue weighted by molar-refractivity contribution is 6.11. The van der Waals surface area contributed by atoms with Crippen LogP contribution in [0.25, 0.3) is 21.5 Å². The molecule has 6 heteroatoms. The van der Waals surface area contributed by atoms with Crippen molar-refractivity contribution in [1.29, 1.82) is 0 Å². The highest BCUT2D eigenvalue weighted by Crippen LogP contribution is 2.58. The van der Waals surface area contributed by atoms with E-state index in [1.807, 2.05) is 38.1 Å². The monoisotopic (exact) mass is 650 g/mol. The fourth-order valence-corrected chi connectivity index (χ4v) is 12.1. The van der Waals surface area contributed by atoms with Gasteiger partial charge in [-0.3, -0.25) is 9.59 Å². The Morgan fingerprint density at radius 1 is 0.542 bits per heavy atom. The van der Waals surface area contributed by atoms with Crippen LogP contribution < -0.4 is 9.47 Å². The Hall–Kier alpha value is -3.28. The van der Waals surface area contributed by atoms with Gasteiger partial charge in [0.25, 0.3) is 0 Å². The molecule has 0 spiro atoms. The Balaban J connectivity index is 0.912. The molecule has 8 bridgehead atoms. The van der Waals surface area contributed by atoms with Crippen molar-refractivity contribution in [2.75, 3.05) is 0 Å². The molecule has 2 unspecified atom stereocenters. The number of carbonyl (C=O) groups is 2. The molecule has 0 radical (unpaired) electrons. The number of rotatable bonds is 10. The van der Waals surface area contributed by atoms with Crippen LogP contribution in [-0.2, 0) is 19.1 Å². The molecule has 6 nitrogen and oxygen atoms in total. The summed E-state index contributed by atoms with van der Waals surface area (Å²) in [7, 11) is 0. The van der Waals surface area contributed by atoms with Crippen LogP contribution in [0.15, 0.2) is 48.5 Å². The molecule has 8 aliphatic rings. The van der Waals surface area contributed by atoms with Crippen molar-refractivity contribution in [1.82, 2.24) is 0 Å². The molecule has 48 heavy (non-hydrogen) atoms. The van der Waals surface area contributed by atoms with E-state index in [0.29, 0.717) is 0 Å². The highest BCUT2D eigenvalue weighted by atomic mass is 16.6. The molecular formula is C42H50O6. The molecule has 0 heterocycles. The van der Waals surface area contributed by atoms with Gasteiger partial charge in [-0.25, -0.2) is 0 Å². The Morgan fingerprint density at radius 3 is 1.08 bits per heavy atom. The maximum Gasteiger partial charge on any atom is 0.310 e. The minimum absolute atomic E-state index is 0.146. The first-order valence-electron chi connectivity index (χ1n) is 18.9. The van der Waals surface area contributed by atoms with E-state index in [2.05, 4.69) is 24.3 Å². The summed E-state index contributed by atoms with van der Waals surface area (Å²) in [5, 5.41) is 3.71. The van der Waals surface area contributed by atoms with Gasteiger partial charge in [0.2, 0.25) is 0 Å². The molecule has 0 saturated heterocycles. The van der Waals surface area contributed by atoms with Crippen LogP contribution in [0.1, 0.15) is 104 Å². The van der Waals surface area contributed by atoms with Crippen LogP contribution in [-0.4, -0.2) is 35.3 Å². The van der Waals surface area contributed by atoms with E-state index < -0.39 is 0 Å². The Labute approximate surface area is 284 Å². The van der Waals surface area contributed by atoms with Crippen molar-refractivity contribution < 1.29 is 28.5 Å². The van der Waals surface area contributed by atoms with E-state index in [9.17, 15) is 9.59 Å². The van der Waals surface area contributed by atoms with Gasteiger partial charge < -0.3 is 18.9 Å². The average molecular weight is 651 g/mol. The minimum Gasteiger partial charge on any atom is -0.489 e. The van der Waals surface area contributed by atoms with Crippen molar-refractivity contribution in [3.8, 4) is 11.5 Å². The second-order valence-corrected chi connectivity index (χ2v) is 17.2. The lowest BCUT2D eigenvalue weighted by Crippen LogP contribution is -2.53. The fraction of sp³-hybridized carbons (Fsp3) is 0.619. The lowest BCUT2D eigenvalue weighted by molar-refractivity contribution is -0.189. The second kappa shape index (κ2) is 11.7. The maximum absolute atomic E-state index is 13.4. The zero-order chi connectivity index (χ0) is 32.6. The van der Waals surface area contributed by atoms with Gasteiger partial charge in [-0.15, -0.1) is 0 Å². The minimum atomic E-state index is -0.358. The lowest BCUT2D eigenvalue weighted by atomic mass is 9.54. The summed E-state index contributed by atoms with van der Waals surface area (Å²) in [4.78, 5) is 26.7. The van der Waals surface area contributed by atoms with Gasteiger partial charge in [0.15, 0.2) is 0 Å². The van der Waals surface area contributed by atoms with Crippen LogP contribution in [0.3, 0.4) is 0 Å². The lowest BCUT2D eigenvalue weighted by Gasteiger charge is -2.55. The van der Waals surface area contributed by atoms with Crippen molar-refractivity contribution in [2.24, 2.45) is 35.5 Å². The molecule has 3 aromatic rings. The Morgan fingerprint density at radius 2 is 0.812 bits per heavy atom. The molecule has 8 saturated carbocycles. The zero-order valence-corrected chi connectivity index (χ0v) is 28.6. The SMILES string of the molecule is CC(CC(=O)OC12CC3CC(CC(C3)C1)C2)Oc1c2ccccc2c(OC(C)CC(=O)OC23CC4CC(CC(C4)C2)C3)c2ccccc12. The molecule has 2 atom stereocenters. The first-order chi connectivity index (χ1) is 23.2. The fourth-order valence-electron chi connectivity index (χ4n) is 12.1. The third-order valence-electron chi connectivity index (χ3n) is 13.0. The average Bonchev–Trinajstić information content (AvgIpc) is 3.00. The van der Waals surface area contributed by atoms with Crippen LogP contribution in [0, 0.1) is 35.5 Å². The molecule has 0 aliphatic heterocycles. The van der Waals surface area contributed by atoms with Gasteiger partial charge in [0, 0.05) is 21.5 Å². The highest BCUT2D eigenvalue weighted by Gasteiger charge is 2.54. The molecule has 254 valence electrons. The van der Waals surface area contributed by atoms with Crippen LogP contribution in [0.2, 0.25) is 0 Å². The van der Waals surface area contributed by atoms with Crippen LogP contribution >= 0.6 is 0 Å². The molecule has 3 aromatic carbocycles. The Bertz CT molecular complexity index is 1490. The quantitative estimate of drug-likeness (QED) is 0.161. The summed E-state index contributed by atoms with van der Waals surface area (Å²) in [5.74, 6) is 5.57. The largest absolute Gasteiger partial charge is 0.489 e. The van der Waals surface area contributed by atoms with Gasteiger partial charge in [-0.05, 0) is 126 Å². The number of ether oxygens (including phenoxy) is 4. The third-order valence-corrected chi connectivity index (χ3v) is 13.0. The topological polar surface area (TPSA) is 71.1 Å². The smallest absolute Gasteiger partial charge is 0.310 e. The van der Waals surface area contributed by atoms with E-state index in [1.165, 1.54) is 38.5 Å². The van der Waals surface area contributed by atoms with Crippen LogP contribution in [0.4, 0.5) is 0 Å². The number of hydrogen-bond donors (Lipinski definition) is 0. The second-order valence-electron chi connectivity index (χ2n) is 17.2. The van der Waals surface area contributed by atoms with Crippen molar-refractivity contribution in [2.45, 2.75) is 127 Å². The van der Waals surface area contributed by atoms with Gasteiger partial charge in [0.1, 0.15) is 34.9 Å². The number of carbonyl (C=O) groups excluding carboxylic acids is 2. The zero-order valence-electron chi connectivity index (χ0n) is 28.6. The summed E-state index contributed by atoms with van der Waals surface area (Å²) in [6, 6.07) is 16.2. The van der Waals surface area contributed by atoms with E-state index in [0.717, 1.165) is 107 Å². The summed E-state index contributed by atoms with van der Waals surface area (Å²) >= 11 is 0. The molecule has 8 aliphatic carbocycles. The predicted molar refractivity (Wildman–Crippen MR) is 185 cm³/mol. The van der Waals surface area contributed by atoms with Gasteiger partial charge in [-0.1, -0.05) is 48.5 Å². The number of hydrogen-bond acceptors (Lipinski definition) is 6. The third kappa shape index (κ3) is 5.65.